The Hall–Kier alpha value is -2.28. The van der Waals surface area contributed by atoms with Crippen molar-refractivity contribution in [1.29, 1.82) is 0 Å². The number of para-hydroxylation sites is 2. The van der Waals surface area contributed by atoms with Crippen LogP contribution in [0.2, 0.25) is 0 Å². The summed E-state index contributed by atoms with van der Waals surface area (Å²) in [5.41, 5.74) is 0.420. The number of anilines is 1. The Morgan fingerprint density at radius 2 is 2.19 bits per heavy atom. The normalized spacial score (nSPS) is 17.2. The van der Waals surface area contributed by atoms with Gasteiger partial charge in [0.05, 0.1) is 11.8 Å². The van der Waals surface area contributed by atoms with Gasteiger partial charge in [-0.2, -0.15) is 0 Å². The van der Waals surface area contributed by atoms with Crippen LogP contribution in [0.5, 0.6) is 5.75 Å². The summed E-state index contributed by atoms with van der Waals surface area (Å²) in [4.78, 5) is 22.3. The third-order valence-corrected chi connectivity index (χ3v) is 3.00. The number of hydrogen-bond acceptors (Lipinski definition) is 4. The number of ether oxygens (including phenoxy) is 2. The molecule has 0 saturated carbocycles. The standard InChI is InChI=1S/C14H18N2O5/c17-13(18)9-21-12-6-2-1-5-11(12)16-14(19)15-8-10-4-3-7-20-10/h1-2,5-6,10H,3-4,7-9H2,(H,17,18)(H2,15,16,19). The fraction of sp³-hybridized carbons (Fsp3) is 0.429. The Morgan fingerprint density at radius 1 is 1.38 bits per heavy atom. The van der Waals surface area contributed by atoms with Crippen LogP contribution in [0.25, 0.3) is 0 Å². The minimum Gasteiger partial charge on any atom is -0.480 e. The zero-order valence-corrected chi connectivity index (χ0v) is 11.5. The Kier molecular flexibility index (Phi) is 5.39. The van der Waals surface area contributed by atoms with Gasteiger partial charge in [-0.05, 0) is 25.0 Å². The second-order valence-corrected chi connectivity index (χ2v) is 4.65. The average Bonchev–Trinajstić information content (AvgIpc) is 2.97. The van der Waals surface area contributed by atoms with E-state index in [1.165, 1.54) is 0 Å². The molecule has 1 heterocycles. The number of amides is 2. The minimum atomic E-state index is -1.08. The van der Waals surface area contributed by atoms with Gasteiger partial charge in [0.25, 0.3) is 0 Å². The van der Waals surface area contributed by atoms with Gasteiger partial charge in [-0.1, -0.05) is 12.1 Å². The fourth-order valence-corrected chi connectivity index (χ4v) is 2.01. The van der Waals surface area contributed by atoms with E-state index in [2.05, 4.69) is 10.6 Å². The summed E-state index contributed by atoms with van der Waals surface area (Å²) in [6.07, 6.45) is 2.02. The number of rotatable bonds is 6. The van der Waals surface area contributed by atoms with E-state index >= 15 is 0 Å². The van der Waals surface area contributed by atoms with Gasteiger partial charge in [0.2, 0.25) is 0 Å². The highest BCUT2D eigenvalue weighted by molar-refractivity contribution is 5.91. The van der Waals surface area contributed by atoms with E-state index in [0.717, 1.165) is 19.4 Å². The van der Waals surface area contributed by atoms with Gasteiger partial charge in [0.1, 0.15) is 5.75 Å². The number of hydrogen-bond donors (Lipinski definition) is 3. The lowest BCUT2D eigenvalue weighted by Gasteiger charge is -2.14. The highest BCUT2D eigenvalue weighted by Crippen LogP contribution is 2.23. The van der Waals surface area contributed by atoms with Crippen molar-refractivity contribution in [2.24, 2.45) is 0 Å². The van der Waals surface area contributed by atoms with Crippen molar-refractivity contribution in [1.82, 2.24) is 5.32 Å². The van der Waals surface area contributed by atoms with Crippen molar-refractivity contribution in [3.63, 3.8) is 0 Å². The van der Waals surface area contributed by atoms with Crippen molar-refractivity contribution < 1.29 is 24.2 Å². The third kappa shape index (κ3) is 4.96. The molecule has 7 nitrogen and oxygen atoms in total. The van der Waals surface area contributed by atoms with Gasteiger partial charge < -0.3 is 25.2 Å². The van der Waals surface area contributed by atoms with Crippen LogP contribution in [-0.4, -0.2) is 43.0 Å². The van der Waals surface area contributed by atoms with Crippen molar-refractivity contribution in [3.05, 3.63) is 24.3 Å². The van der Waals surface area contributed by atoms with E-state index in [4.69, 9.17) is 14.6 Å². The van der Waals surface area contributed by atoms with Gasteiger partial charge in [-0.25, -0.2) is 9.59 Å². The summed E-state index contributed by atoms with van der Waals surface area (Å²) in [5.74, 6) is -0.764. The highest BCUT2D eigenvalue weighted by atomic mass is 16.5. The smallest absolute Gasteiger partial charge is 0.341 e. The first-order chi connectivity index (χ1) is 10.1. The lowest BCUT2D eigenvalue weighted by atomic mass is 10.2. The molecule has 0 aromatic heterocycles. The van der Waals surface area contributed by atoms with Crippen LogP contribution >= 0.6 is 0 Å². The van der Waals surface area contributed by atoms with Crippen molar-refractivity contribution in [3.8, 4) is 5.75 Å². The lowest BCUT2D eigenvalue weighted by Crippen LogP contribution is -2.35. The molecule has 0 radical (unpaired) electrons. The average molecular weight is 294 g/mol. The largest absolute Gasteiger partial charge is 0.480 e. The SMILES string of the molecule is O=C(O)COc1ccccc1NC(=O)NCC1CCCO1. The Balaban J connectivity index is 1.85. The van der Waals surface area contributed by atoms with Crippen LogP contribution in [0.3, 0.4) is 0 Å². The molecule has 21 heavy (non-hydrogen) atoms. The second kappa shape index (κ2) is 7.49. The first kappa shape index (κ1) is 15.1. The van der Waals surface area contributed by atoms with Crippen molar-refractivity contribution in [2.75, 3.05) is 25.1 Å². The predicted octanol–water partition coefficient (Wildman–Crippen LogP) is 1.45. The van der Waals surface area contributed by atoms with E-state index < -0.39 is 12.6 Å². The van der Waals surface area contributed by atoms with E-state index in [0.29, 0.717) is 18.0 Å². The molecule has 2 rings (SSSR count). The summed E-state index contributed by atoms with van der Waals surface area (Å²) >= 11 is 0. The number of carbonyl (C=O) groups excluding carboxylic acids is 1. The van der Waals surface area contributed by atoms with Gasteiger partial charge in [0, 0.05) is 13.2 Å². The van der Waals surface area contributed by atoms with Gasteiger partial charge >= 0.3 is 12.0 Å². The van der Waals surface area contributed by atoms with Crippen LogP contribution in [0.4, 0.5) is 10.5 Å². The number of carbonyl (C=O) groups is 2. The molecule has 0 bridgehead atoms. The van der Waals surface area contributed by atoms with E-state index in [9.17, 15) is 9.59 Å². The van der Waals surface area contributed by atoms with Crippen LogP contribution in [-0.2, 0) is 9.53 Å². The summed E-state index contributed by atoms with van der Waals surface area (Å²) in [6.45, 7) is 0.722. The highest BCUT2D eigenvalue weighted by Gasteiger charge is 2.16. The van der Waals surface area contributed by atoms with E-state index in [1.54, 1.807) is 24.3 Å². The Bertz CT molecular complexity index is 500. The molecule has 1 unspecified atom stereocenters. The molecule has 0 aliphatic carbocycles. The molecule has 114 valence electrons. The molecular weight excluding hydrogens is 276 g/mol. The summed E-state index contributed by atoms with van der Waals surface area (Å²) in [6, 6.07) is 6.29. The number of urea groups is 1. The number of carboxylic acid groups (broad SMARTS) is 1. The zero-order valence-electron chi connectivity index (χ0n) is 11.5. The summed E-state index contributed by atoms with van der Waals surface area (Å²) in [5, 5.41) is 14.0. The van der Waals surface area contributed by atoms with Crippen LogP contribution in [0.15, 0.2) is 24.3 Å². The molecular formula is C14H18N2O5. The molecule has 7 heteroatoms. The maximum absolute atomic E-state index is 11.8. The Labute approximate surface area is 122 Å². The molecule has 2 amide bonds. The maximum atomic E-state index is 11.8. The van der Waals surface area contributed by atoms with Crippen LogP contribution in [0, 0.1) is 0 Å². The van der Waals surface area contributed by atoms with Crippen molar-refractivity contribution in [2.45, 2.75) is 18.9 Å². The number of nitrogens with one attached hydrogen (secondary N) is 2. The molecule has 1 saturated heterocycles. The quantitative estimate of drug-likeness (QED) is 0.738. The molecule has 1 fully saturated rings. The maximum Gasteiger partial charge on any atom is 0.341 e. The molecule has 1 aliphatic heterocycles. The van der Waals surface area contributed by atoms with Gasteiger partial charge in [0.15, 0.2) is 6.61 Å². The van der Waals surface area contributed by atoms with E-state index in [1.807, 2.05) is 0 Å². The first-order valence-corrected chi connectivity index (χ1v) is 6.75. The number of carboxylic acids is 1. The predicted molar refractivity (Wildman–Crippen MR) is 75.6 cm³/mol. The Morgan fingerprint density at radius 3 is 2.90 bits per heavy atom. The number of aliphatic carboxylic acids is 1. The molecule has 0 spiro atoms. The summed E-state index contributed by atoms with van der Waals surface area (Å²) < 4.78 is 10.5. The second-order valence-electron chi connectivity index (χ2n) is 4.65. The third-order valence-electron chi connectivity index (χ3n) is 3.00. The summed E-state index contributed by atoms with van der Waals surface area (Å²) in [7, 11) is 0. The molecule has 1 aromatic carbocycles. The zero-order chi connectivity index (χ0) is 15.1. The lowest BCUT2D eigenvalue weighted by molar-refractivity contribution is -0.139. The topological polar surface area (TPSA) is 96.9 Å². The molecule has 1 aliphatic rings. The van der Waals surface area contributed by atoms with Gasteiger partial charge in [-0.3, -0.25) is 0 Å². The minimum absolute atomic E-state index is 0.0641. The first-order valence-electron chi connectivity index (χ1n) is 6.75. The fourth-order valence-electron chi connectivity index (χ4n) is 2.01. The van der Waals surface area contributed by atoms with E-state index in [-0.39, 0.29) is 12.1 Å². The van der Waals surface area contributed by atoms with Crippen LogP contribution in [0.1, 0.15) is 12.8 Å². The van der Waals surface area contributed by atoms with Gasteiger partial charge in [-0.15, -0.1) is 0 Å². The monoisotopic (exact) mass is 294 g/mol. The van der Waals surface area contributed by atoms with Crippen molar-refractivity contribution >= 4 is 17.7 Å². The molecule has 3 N–H and O–H groups in total. The number of benzene rings is 1. The van der Waals surface area contributed by atoms with Crippen LogP contribution < -0.4 is 15.4 Å². The molecule has 1 atom stereocenters. The molecule has 1 aromatic rings.